The molecule has 0 saturated carbocycles. The van der Waals surface area contributed by atoms with Crippen LogP contribution >= 0.6 is 0 Å². The number of phenolic OH excluding ortho intramolecular Hbond substituents is 1. The fourth-order valence-electron chi connectivity index (χ4n) is 3.56. The standard InChI is InChI=1S/C30H30N6O9/c1-43-26(38)12-14-31-28(40)18-4-7-20(8-5-18)33-36-24-16-19(29(41)32-15-13-27(39)44-2)6-10-23(24)35-34-21-9-11-25(37)22(17-21)30(42)45-3/h4-11,16-17,37H,12-15H2,1-3H3,(H,31,40)(H,32,41). The molecule has 0 unspecified atom stereocenters. The van der Waals surface area contributed by atoms with Gasteiger partial charge in [0, 0.05) is 24.2 Å². The normalized spacial score (nSPS) is 10.8. The zero-order chi connectivity index (χ0) is 32.8. The topological polar surface area (TPSA) is 207 Å². The number of esters is 3. The van der Waals surface area contributed by atoms with Gasteiger partial charge in [0.15, 0.2) is 0 Å². The zero-order valence-electron chi connectivity index (χ0n) is 24.6. The monoisotopic (exact) mass is 618 g/mol. The molecule has 2 amide bonds. The van der Waals surface area contributed by atoms with Gasteiger partial charge in [0.25, 0.3) is 11.8 Å². The molecule has 0 aromatic heterocycles. The van der Waals surface area contributed by atoms with Crippen molar-refractivity contribution >= 4 is 52.5 Å². The Hall–Kier alpha value is -5.99. The maximum Gasteiger partial charge on any atom is 0.341 e. The lowest BCUT2D eigenvalue weighted by Crippen LogP contribution is -2.26. The van der Waals surface area contributed by atoms with Crippen molar-refractivity contribution in [3.8, 4) is 5.75 Å². The number of amides is 2. The molecular formula is C30H30N6O9. The van der Waals surface area contributed by atoms with Crippen LogP contribution in [0, 0.1) is 0 Å². The molecule has 3 aromatic rings. The minimum absolute atomic E-state index is 0.0133. The van der Waals surface area contributed by atoms with E-state index < -0.39 is 23.8 Å². The van der Waals surface area contributed by atoms with E-state index in [9.17, 15) is 29.1 Å². The summed E-state index contributed by atoms with van der Waals surface area (Å²) in [4.78, 5) is 59.5. The van der Waals surface area contributed by atoms with E-state index in [2.05, 4.69) is 45.3 Å². The van der Waals surface area contributed by atoms with Crippen molar-refractivity contribution in [1.82, 2.24) is 10.6 Å². The minimum Gasteiger partial charge on any atom is -0.507 e. The molecule has 0 spiro atoms. The predicted octanol–water partition coefficient (Wildman–Crippen LogP) is 4.60. The maximum absolute atomic E-state index is 12.7. The summed E-state index contributed by atoms with van der Waals surface area (Å²) < 4.78 is 13.8. The highest BCUT2D eigenvalue weighted by molar-refractivity contribution is 5.96. The molecule has 0 atom stereocenters. The summed E-state index contributed by atoms with van der Waals surface area (Å²) in [6, 6.07) is 14.5. The van der Waals surface area contributed by atoms with Gasteiger partial charge in [0.05, 0.1) is 45.5 Å². The first-order valence-corrected chi connectivity index (χ1v) is 13.3. The van der Waals surface area contributed by atoms with E-state index in [1.54, 1.807) is 12.1 Å². The smallest absolute Gasteiger partial charge is 0.341 e. The van der Waals surface area contributed by atoms with Crippen LogP contribution in [-0.2, 0) is 23.8 Å². The van der Waals surface area contributed by atoms with Gasteiger partial charge < -0.3 is 30.0 Å². The first kappa shape index (κ1) is 33.5. The average Bonchev–Trinajstić information content (AvgIpc) is 3.06. The van der Waals surface area contributed by atoms with Crippen LogP contribution in [0.2, 0.25) is 0 Å². The Morgan fingerprint density at radius 2 is 1.16 bits per heavy atom. The van der Waals surface area contributed by atoms with Gasteiger partial charge in [0.1, 0.15) is 22.7 Å². The molecule has 0 heterocycles. The zero-order valence-corrected chi connectivity index (χ0v) is 24.6. The summed E-state index contributed by atoms with van der Waals surface area (Å²) in [7, 11) is 3.69. The summed E-state index contributed by atoms with van der Waals surface area (Å²) in [5, 5.41) is 31.9. The summed E-state index contributed by atoms with van der Waals surface area (Å²) in [5.74, 6) is -2.84. The van der Waals surface area contributed by atoms with Gasteiger partial charge >= 0.3 is 17.9 Å². The second-order valence-electron chi connectivity index (χ2n) is 9.01. The summed E-state index contributed by atoms with van der Waals surface area (Å²) in [5.41, 5.74) is 1.38. The molecule has 15 nitrogen and oxygen atoms in total. The molecule has 0 radical (unpaired) electrons. The SMILES string of the molecule is COC(=O)CCNC(=O)c1ccc(N=Nc2cc(C(=O)NCCC(=O)OC)ccc2N=Nc2ccc(O)c(C(=O)OC)c2)cc1. The summed E-state index contributed by atoms with van der Waals surface area (Å²) in [6.45, 7) is 0.168. The third-order valence-electron chi connectivity index (χ3n) is 5.98. The quantitative estimate of drug-likeness (QED) is 0.139. The Kier molecular flexibility index (Phi) is 12.4. The fourth-order valence-corrected chi connectivity index (χ4v) is 3.56. The number of carbonyl (C=O) groups is 5. The van der Waals surface area contributed by atoms with Crippen LogP contribution < -0.4 is 10.6 Å². The minimum atomic E-state index is -0.758. The molecule has 0 aliphatic carbocycles. The number of nitrogens with one attached hydrogen (secondary N) is 2. The Labute approximate surface area is 257 Å². The van der Waals surface area contributed by atoms with E-state index >= 15 is 0 Å². The number of nitrogens with zero attached hydrogens (tertiary/aromatic N) is 4. The lowest BCUT2D eigenvalue weighted by atomic mass is 10.1. The van der Waals surface area contributed by atoms with Gasteiger partial charge in [-0.15, -0.1) is 10.2 Å². The Bertz CT molecular complexity index is 1620. The van der Waals surface area contributed by atoms with E-state index in [1.165, 1.54) is 69.9 Å². The third kappa shape index (κ3) is 10.1. The number of benzene rings is 3. The predicted molar refractivity (Wildman–Crippen MR) is 159 cm³/mol. The molecule has 3 rings (SSSR count). The molecule has 3 aromatic carbocycles. The number of rotatable bonds is 13. The van der Waals surface area contributed by atoms with Gasteiger partial charge in [-0.3, -0.25) is 19.2 Å². The number of phenols is 1. The van der Waals surface area contributed by atoms with Crippen LogP contribution in [0.15, 0.2) is 81.1 Å². The highest BCUT2D eigenvalue weighted by Crippen LogP contribution is 2.33. The van der Waals surface area contributed by atoms with Gasteiger partial charge in [-0.05, 0) is 60.7 Å². The fraction of sp³-hybridized carbons (Fsp3) is 0.233. The van der Waals surface area contributed by atoms with Crippen LogP contribution in [0.3, 0.4) is 0 Å². The number of methoxy groups -OCH3 is 3. The number of hydrogen-bond acceptors (Lipinski definition) is 13. The molecule has 0 aliphatic rings. The van der Waals surface area contributed by atoms with Gasteiger partial charge in [-0.25, -0.2) is 4.79 Å². The van der Waals surface area contributed by atoms with Gasteiger partial charge in [-0.1, -0.05) is 0 Å². The van der Waals surface area contributed by atoms with Crippen molar-refractivity contribution in [3.63, 3.8) is 0 Å². The number of ether oxygens (including phenoxy) is 3. The van der Waals surface area contributed by atoms with E-state index in [1.807, 2.05) is 0 Å². The first-order chi connectivity index (χ1) is 21.6. The highest BCUT2D eigenvalue weighted by atomic mass is 16.5. The Balaban J connectivity index is 1.85. The van der Waals surface area contributed by atoms with Crippen LogP contribution in [0.5, 0.6) is 5.75 Å². The molecule has 45 heavy (non-hydrogen) atoms. The van der Waals surface area contributed by atoms with Crippen LogP contribution in [0.4, 0.5) is 22.7 Å². The van der Waals surface area contributed by atoms with Crippen molar-refractivity contribution in [2.45, 2.75) is 12.8 Å². The maximum atomic E-state index is 12.7. The van der Waals surface area contributed by atoms with Crippen molar-refractivity contribution < 1.29 is 43.3 Å². The lowest BCUT2D eigenvalue weighted by Gasteiger charge is -2.07. The van der Waals surface area contributed by atoms with Crippen LogP contribution in [0.1, 0.15) is 43.9 Å². The molecule has 0 bridgehead atoms. The Morgan fingerprint density at radius 1 is 0.622 bits per heavy atom. The van der Waals surface area contributed by atoms with Crippen molar-refractivity contribution in [1.29, 1.82) is 0 Å². The second-order valence-corrected chi connectivity index (χ2v) is 9.01. The van der Waals surface area contributed by atoms with E-state index in [4.69, 9.17) is 0 Å². The molecule has 3 N–H and O–H groups in total. The van der Waals surface area contributed by atoms with Gasteiger partial charge in [-0.2, -0.15) is 10.2 Å². The number of carbonyl (C=O) groups excluding carboxylic acids is 5. The summed E-state index contributed by atoms with van der Waals surface area (Å²) >= 11 is 0. The first-order valence-electron chi connectivity index (χ1n) is 13.3. The average molecular weight is 619 g/mol. The van der Waals surface area contributed by atoms with E-state index in [-0.39, 0.29) is 65.8 Å². The largest absolute Gasteiger partial charge is 0.507 e. The summed E-state index contributed by atoms with van der Waals surface area (Å²) in [6.07, 6.45) is 0.0242. The van der Waals surface area contributed by atoms with Crippen molar-refractivity contribution in [2.24, 2.45) is 20.5 Å². The van der Waals surface area contributed by atoms with E-state index in [0.717, 1.165) is 0 Å². The Morgan fingerprint density at radius 3 is 1.76 bits per heavy atom. The molecule has 15 heteroatoms. The van der Waals surface area contributed by atoms with Gasteiger partial charge in [0.2, 0.25) is 0 Å². The molecule has 0 aliphatic heterocycles. The van der Waals surface area contributed by atoms with Crippen molar-refractivity contribution in [2.75, 3.05) is 34.4 Å². The molecule has 234 valence electrons. The number of hydrogen-bond donors (Lipinski definition) is 3. The molecule has 0 fully saturated rings. The van der Waals surface area contributed by atoms with Crippen LogP contribution in [0.25, 0.3) is 0 Å². The third-order valence-corrected chi connectivity index (χ3v) is 5.98. The number of azo groups is 2. The van der Waals surface area contributed by atoms with Crippen molar-refractivity contribution in [3.05, 3.63) is 77.4 Å². The molecular weight excluding hydrogens is 588 g/mol. The van der Waals surface area contributed by atoms with E-state index in [0.29, 0.717) is 11.3 Å². The second kappa shape index (κ2) is 16.6. The lowest BCUT2D eigenvalue weighted by molar-refractivity contribution is -0.141. The highest BCUT2D eigenvalue weighted by Gasteiger charge is 2.14. The molecule has 0 saturated heterocycles. The van der Waals surface area contributed by atoms with Crippen LogP contribution in [-0.4, -0.2) is 69.2 Å². The number of aromatic hydroxyl groups is 1.